The van der Waals surface area contributed by atoms with Gasteiger partial charge in [0, 0.05) is 17.1 Å². The molecule has 1 N–H and O–H groups in total. The van der Waals surface area contributed by atoms with Crippen LogP contribution in [0.4, 0.5) is 5.69 Å². The number of nitrogens with one attached hydrogen (secondary N) is 1. The van der Waals surface area contributed by atoms with E-state index in [2.05, 4.69) is 5.32 Å². The number of likely N-dealkylation sites (N-methyl/N-ethyl adjacent to an activating group) is 1. The summed E-state index contributed by atoms with van der Waals surface area (Å²) in [6, 6.07) is 11.6. The van der Waals surface area contributed by atoms with E-state index in [1.165, 1.54) is 0 Å². The monoisotopic (exact) mass is 308 g/mol. The van der Waals surface area contributed by atoms with Gasteiger partial charge >= 0.3 is 0 Å². The Labute approximate surface area is 128 Å². The number of hydrogen-bond donors (Lipinski definition) is 1. The van der Waals surface area contributed by atoms with Gasteiger partial charge in [-0.05, 0) is 43.8 Å². The highest BCUT2D eigenvalue weighted by atomic mass is 35.5. The zero-order valence-electron chi connectivity index (χ0n) is 11.5. The molecule has 0 aliphatic heterocycles. The Bertz CT molecular complexity index is 597. The molecule has 1 aromatic carbocycles. The minimum absolute atomic E-state index is 0.0132. The van der Waals surface area contributed by atoms with Crippen molar-refractivity contribution in [2.45, 2.75) is 13.5 Å². The molecule has 0 saturated heterocycles. The molecule has 3 nitrogen and oxygen atoms in total. The van der Waals surface area contributed by atoms with Crippen molar-refractivity contribution in [3.8, 4) is 0 Å². The third-order valence-electron chi connectivity index (χ3n) is 2.77. The average Bonchev–Trinajstić information content (AvgIpc) is 2.74. The van der Waals surface area contributed by atoms with E-state index in [-0.39, 0.29) is 5.91 Å². The minimum atomic E-state index is -0.0132. The molecular formula is C15H17ClN2OS. The largest absolute Gasteiger partial charge is 0.325 e. The van der Waals surface area contributed by atoms with Crippen LogP contribution in [0.2, 0.25) is 4.34 Å². The molecular weight excluding hydrogens is 292 g/mol. The molecule has 1 aromatic heterocycles. The Kier molecular flexibility index (Phi) is 5.17. The highest BCUT2D eigenvalue weighted by Gasteiger charge is 2.08. The number of carbonyl (C=O) groups excluding carboxylic acids is 1. The molecule has 106 valence electrons. The normalized spacial score (nSPS) is 10.8. The van der Waals surface area contributed by atoms with Gasteiger partial charge in [0.15, 0.2) is 0 Å². The van der Waals surface area contributed by atoms with Crippen molar-refractivity contribution in [3.63, 3.8) is 0 Å². The Hall–Kier alpha value is -1.36. The van der Waals surface area contributed by atoms with Gasteiger partial charge in [-0.15, -0.1) is 11.3 Å². The van der Waals surface area contributed by atoms with Gasteiger partial charge in [-0.1, -0.05) is 23.7 Å². The molecule has 0 saturated carbocycles. The third kappa shape index (κ3) is 4.63. The fraction of sp³-hybridized carbons (Fsp3) is 0.267. The summed E-state index contributed by atoms with van der Waals surface area (Å²) in [5.74, 6) is -0.0132. The second-order valence-electron chi connectivity index (χ2n) is 4.80. The summed E-state index contributed by atoms with van der Waals surface area (Å²) in [5.41, 5.74) is 1.96. The first kappa shape index (κ1) is 15.0. The van der Waals surface area contributed by atoms with E-state index >= 15 is 0 Å². The maximum Gasteiger partial charge on any atom is 0.238 e. The summed E-state index contributed by atoms with van der Waals surface area (Å²) in [4.78, 5) is 15.1. The lowest BCUT2D eigenvalue weighted by atomic mass is 10.2. The van der Waals surface area contributed by atoms with Gasteiger partial charge in [0.25, 0.3) is 0 Å². The first-order valence-corrected chi connectivity index (χ1v) is 7.51. The van der Waals surface area contributed by atoms with Crippen LogP contribution in [0, 0.1) is 6.92 Å². The summed E-state index contributed by atoms with van der Waals surface area (Å²) in [5, 5.41) is 2.90. The Balaban J connectivity index is 1.84. The number of benzene rings is 1. The molecule has 0 aliphatic rings. The van der Waals surface area contributed by atoms with E-state index in [0.717, 1.165) is 27.0 Å². The maximum absolute atomic E-state index is 12.0. The molecule has 1 amide bonds. The molecule has 0 fully saturated rings. The van der Waals surface area contributed by atoms with Crippen LogP contribution < -0.4 is 5.32 Å². The number of hydrogen-bond acceptors (Lipinski definition) is 3. The van der Waals surface area contributed by atoms with Crippen LogP contribution in [-0.4, -0.2) is 24.4 Å². The Morgan fingerprint density at radius 2 is 2.15 bits per heavy atom. The minimum Gasteiger partial charge on any atom is -0.325 e. The zero-order valence-corrected chi connectivity index (χ0v) is 13.1. The summed E-state index contributed by atoms with van der Waals surface area (Å²) in [7, 11) is 1.92. The maximum atomic E-state index is 12.0. The fourth-order valence-electron chi connectivity index (χ4n) is 1.93. The van der Waals surface area contributed by atoms with Crippen LogP contribution in [-0.2, 0) is 11.3 Å². The average molecular weight is 309 g/mol. The van der Waals surface area contributed by atoms with Crippen molar-refractivity contribution in [3.05, 3.63) is 51.2 Å². The van der Waals surface area contributed by atoms with Crippen LogP contribution in [0.15, 0.2) is 36.4 Å². The second-order valence-corrected chi connectivity index (χ2v) is 6.60. The smallest absolute Gasteiger partial charge is 0.238 e. The highest BCUT2D eigenvalue weighted by molar-refractivity contribution is 7.16. The number of amides is 1. The van der Waals surface area contributed by atoms with Gasteiger partial charge in [-0.3, -0.25) is 9.69 Å². The van der Waals surface area contributed by atoms with Crippen molar-refractivity contribution < 1.29 is 4.79 Å². The van der Waals surface area contributed by atoms with E-state index in [9.17, 15) is 4.79 Å². The summed E-state index contributed by atoms with van der Waals surface area (Å²) < 4.78 is 0.776. The number of rotatable bonds is 5. The summed E-state index contributed by atoms with van der Waals surface area (Å²) >= 11 is 7.43. The van der Waals surface area contributed by atoms with Gasteiger partial charge in [0.1, 0.15) is 0 Å². The lowest BCUT2D eigenvalue weighted by Crippen LogP contribution is -2.29. The number of thiophene rings is 1. The standard InChI is InChI=1S/C15H17ClN2OS/c1-11-4-3-5-12(8-11)17-15(19)10-18(2)9-13-6-7-14(16)20-13/h3-8H,9-10H2,1-2H3,(H,17,19). The third-order valence-corrected chi connectivity index (χ3v) is 3.99. The van der Waals surface area contributed by atoms with Gasteiger partial charge in [-0.2, -0.15) is 0 Å². The predicted molar refractivity (Wildman–Crippen MR) is 85.5 cm³/mol. The lowest BCUT2D eigenvalue weighted by Gasteiger charge is -2.15. The van der Waals surface area contributed by atoms with E-state index in [4.69, 9.17) is 11.6 Å². The topological polar surface area (TPSA) is 32.3 Å². The predicted octanol–water partition coefficient (Wildman–Crippen LogP) is 3.78. The number of anilines is 1. The molecule has 2 aromatic rings. The van der Waals surface area contributed by atoms with E-state index in [0.29, 0.717) is 6.54 Å². The number of nitrogens with zero attached hydrogens (tertiary/aromatic N) is 1. The zero-order chi connectivity index (χ0) is 14.5. The van der Waals surface area contributed by atoms with E-state index in [1.54, 1.807) is 11.3 Å². The first-order valence-electron chi connectivity index (χ1n) is 6.32. The van der Waals surface area contributed by atoms with Crippen LogP contribution >= 0.6 is 22.9 Å². The van der Waals surface area contributed by atoms with Gasteiger partial charge in [0.05, 0.1) is 10.9 Å². The lowest BCUT2D eigenvalue weighted by molar-refractivity contribution is -0.117. The molecule has 2 rings (SSSR count). The molecule has 0 aliphatic carbocycles. The van der Waals surface area contributed by atoms with E-state index in [1.807, 2.05) is 55.3 Å². The second kappa shape index (κ2) is 6.88. The fourth-order valence-corrected chi connectivity index (χ4v) is 3.10. The SMILES string of the molecule is Cc1cccc(NC(=O)CN(C)Cc2ccc(Cl)s2)c1. The molecule has 5 heteroatoms. The van der Waals surface area contributed by atoms with Gasteiger partial charge in [0.2, 0.25) is 5.91 Å². The van der Waals surface area contributed by atoms with Crippen LogP contribution in [0.5, 0.6) is 0 Å². The number of halogens is 1. The van der Waals surface area contributed by atoms with Crippen LogP contribution in [0.25, 0.3) is 0 Å². The molecule has 0 spiro atoms. The van der Waals surface area contributed by atoms with Gasteiger partial charge < -0.3 is 5.32 Å². The van der Waals surface area contributed by atoms with Crippen molar-refractivity contribution in [2.24, 2.45) is 0 Å². The molecule has 0 radical (unpaired) electrons. The summed E-state index contributed by atoms with van der Waals surface area (Å²) in [6.45, 7) is 3.07. The van der Waals surface area contributed by atoms with E-state index < -0.39 is 0 Å². The van der Waals surface area contributed by atoms with Crippen molar-refractivity contribution >= 4 is 34.5 Å². The number of carbonyl (C=O) groups is 1. The highest BCUT2D eigenvalue weighted by Crippen LogP contribution is 2.22. The molecule has 0 unspecified atom stereocenters. The van der Waals surface area contributed by atoms with Crippen molar-refractivity contribution in [1.29, 1.82) is 0 Å². The molecule has 0 atom stereocenters. The molecule has 1 heterocycles. The van der Waals surface area contributed by atoms with Crippen molar-refractivity contribution in [1.82, 2.24) is 4.90 Å². The summed E-state index contributed by atoms with van der Waals surface area (Å²) in [6.07, 6.45) is 0. The van der Waals surface area contributed by atoms with Crippen LogP contribution in [0.1, 0.15) is 10.4 Å². The quantitative estimate of drug-likeness (QED) is 0.911. The first-order chi connectivity index (χ1) is 9.52. The molecule has 20 heavy (non-hydrogen) atoms. The molecule has 0 bridgehead atoms. The van der Waals surface area contributed by atoms with Crippen LogP contribution in [0.3, 0.4) is 0 Å². The van der Waals surface area contributed by atoms with Crippen molar-refractivity contribution in [2.75, 3.05) is 18.9 Å². The van der Waals surface area contributed by atoms with Gasteiger partial charge in [-0.25, -0.2) is 0 Å². The Morgan fingerprint density at radius 3 is 2.80 bits per heavy atom. The Morgan fingerprint density at radius 1 is 1.35 bits per heavy atom. The number of aryl methyl sites for hydroxylation is 1.